The van der Waals surface area contributed by atoms with E-state index in [1.165, 1.54) is 37.4 Å². The number of hydrogen-bond donors (Lipinski definition) is 2. The number of ketones is 1. The monoisotopic (exact) mass is 605 g/mol. The topological polar surface area (TPSA) is 97.6 Å². The Morgan fingerprint density at radius 3 is 2.34 bits per heavy atom. The second-order valence-corrected chi connectivity index (χ2v) is 10.1. The first-order valence-corrected chi connectivity index (χ1v) is 13.5. The molecule has 1 unspecified atom stereocenters. The molecule has 2 heterocycles. The fourth-order valence-electron chi connectivity index (χ4n) is 4.55. The number of carbonyl (C=O) groups is 2. The number of aromatic nitrogens is 3. The van der Waals surface area contributed by atoms with Crippen molar-refractivity contribution in [3.05, 3.63) is 108 Å². The molecule has 226 valence electrons. The minimum Gasteiger partial charge on any atom is -0.495 e. The van der Waals surface area contributed by atoms with Crippen molar-refractivity contribution in [1.82, 2.24) is 19.9 Å². The average Bonchev–Trinajstić information content (AvgIpc) is 3.41. The van der Waals surface area contributed by atoms with E-state index in [2.05, 4.69) is 15.4 Å². The number of methoxy groups -OCH3 is 1. The fraction of sp³-hybridized carbons (Fsp3) is 0.188. The number of Topliss-reactive ketones (excluding diaryl/α,β-unsaturated/α-hetero) is 1. The molecule has 0 spiro atoms. The van der Waals surface area contributed by atoms with Gasteiger partial charge in [0.05, 0.1) is 12.8 Å². The maximum Gasteiger partial charge on any atom is 0.405 e. The van der Waals surface area contributed by atoms with E-state index in [4.69, 9.17) is 4.74 Å². The molecule has 0 fully saturated rings. The summed E-state index contributed by atoms with van der Waals surface area (Å²) in [5.74, 6) is -1.10. The fourth-order valence-corrected chi connectivity index (χ4v) is 4.55. The lowest BCUT2D eigenvalue weighted by Gasteiger charge is -2.12. The molecule has 0 saturated carbocycles. The second kappa shape index (κ2) is 12.5. The Morgan fingerprint density at radius 1 is 0.955 bits per heavy atom. The number of halogens is 4. The van der Waals surface area contributed by atoms with Crippen LogP contribution in [0.1, 0.15) is 34.3 Å². The van der Waals surface area contributed by atoms with Gasteiger partial charge >= 0.3 is 6.18 Å². The third-order valence-electron chi connectivity index (χ3n) is 7.01. The van der Waals surface area contributed by atoms with E-state index in [1.807, 2.05) is 42.6 Å². The number of alkyl halides is 3. The quantitative estimate of drug-likeness (QED) is 0.177. The standard InChI is InChI=1S/C32H27F4N5O3/c1-19(21-7-11-25(33)12-8-21)27(42)15-20-3-5-22(6-4-20)24-10-14-29-39-31(40-41(29)17-24)38-26-13-9-23(16-28(26)44-2)30(43)37-18-32(34,35)36/h3-14,16-17,19H,15,18H2,1-2H3,(H,37,43)(H,38,40). The van der Waals surface area contributed by atoms with E-state index in [1.54, 1.807) is 28.9 Å². The number of hydrogen-bond acceptors (Lipinski definition) is 6. The Bertz CT molecular complexity index is 1800. The first kappa shape index (κ1) is 30.2. The summed E-state index contributed by atoms with van der Waals surface area (Å²) in [4.78, 5) is 29.4. The molecule has 0 aliphatic heterocycles. The van der Waals surface area contributed by atoms with Gasteiger partial charge in [0.15, 0.2) is 5.65 Å². The number of pyridine rings is 1. The Hall–Kier alpha value is -5.26. The molecule has 8 nitrogen and oxygen atoms in total. The van der Waals surface area contributed by atoms with Gasteiger partial charge in [0.2, 0.25) is 5.95 Å². The van der Waals surface area contributed by atoms with E-state index >= 15 is 0 Å². The van der Waals surface area contributed by atoms with Gasteiger partial charge in [-0.25, -0.2) is 8.91 Å². The van der Waals surface area contributed by atoms with Crippen molar-refractivity contribution in [3.63, 3.8) is 0 Å². The summed E-state index contributed by atoms with van der Waals surface area (Å²) in [6, 6.07) is 21.4. The van der Waals surface area contributed by atoms with Gasteiger partial charge in [0.1, 0.15) is 23.9 Å². The van der Waals surface area contributed by atoms with Gasteiger partial charge in [-0.15, -0.1) is 5.10 Å². The Labute approximate surface area is 249 Å². The zero-order chi connectivity index (χ0) is 31.4. The lowest BCUT2D eigenvalue weighted by molar-refractivity contribution is -0.123. The number of nitrogens with one attached hydrogen (secondary N) is 2. The van der Waals surface area contributed by atoms with Crippen molar-refractivity contribution in [2.75, 3.05) is 19.0 Å². The van der Waals surface area contributed by atoms with Crippen LogP contribution < -0.4 is 15.4 Å². The highest BCUT2D eigenvalue weighted by Gasteiger charge is 2.28. The molecular formula is C32H27F4N5O3. The van der Waals surface area contributed by atoms with Crippen LogP contribution in [0.4, 0.5) is 29.2 Å². The highest BCUT2D eigenvalue weighted by molar-refractivity contribution is 5.95. The first-order chi connectivity index (χ1) is 21.0. The van der Waals surface area contributed by atoms with Gasteiger partial charge < -0.3 is 15.4 Å². The second-order valence-electron chi connectivity index (χ2n) is 10.1. The zero-order valence-corrected chi connectivity index (χ0v) is 23.7. The van der Waals surface area contributed by atoms with E-state index in [-0.39, 0.29) is 41.2 Å². The summed E-state index contributed by atoms with van der Waals surface area (Å²) in [6.07, 6.45) is -2.47. The van der Waals surface area contributed by atoms with Crippen molar-refractivity contribution in [2.45, 2.75) is 25.4 Å². The summed E-state index contributed by atoms with van der Waals surface area (Å²) in [6.45, 7) is 0.371. The van der Waals surface area contributed by atoms with Crippen LogP contribution in [-0.2, 0) is 11.2 Å². The maximum absolute atomic E-state index is 13.2. The van der Waals surface area contributed by atoms with Gasteiger partial charge in [0.25, 0.3) is 5.91 Å². The summed E-state index contributed by atoms with van der Waals surface area (Å²) >= 11 is 0. The number of benzene rings is 3. The predicted octanol–water partition coefficient (Wildman–Crippen LogP) is 6.50. The van der Waals surface area contributed by atoms with Gasteiger partial charge in [-0.05, 0) is 59.2 Å². The van der Waals surface area contributed by atoms with Gasteiger partial charge in [0, 0.05) is 29.7 Å². The minimum atomic E-state index is -4.52. The molecule has 44 heavy (non-hydrogen) atoms. The Kier molecular flexibility index (Phi) is 8.61. The van der Waals surface area contributed by atoms with Crippen LogP contribution in [0.15, 0.2) is 85.1 Å². The average molecular weight is 606 g/mol. The number of rotatable bonds is 10. The molecule has 1 atom stereocenters. The van der Waals surface area contributed by atoms with Gasteiger partial charge in [-0.2, -0.15) is 18.2 Å². The number of anilines is 2. The van der Waals surface area contributed by atoms with Crippen LogP contribution in [0.2, 0.25) is 0 Å². The molecule has 2 N–H and O–H groups in total. The first-order valence-electron chi connectivity index (χ1n) is 13.5. The Balaban J connectivity index is 1.26. The molecule has 5 aromatic rings. The normalized spacial score (nSPS) is 12.1. The van der Waals surface area contributed by atoms with Crippen LogP contribution in [0.25, 0.3) is 16.8 Å². The molecule has 3 aromatic carbocycles. The summed E-state index contributed by atoms with van der Waals surface area (Å²) < 4.78 is 57.5. The molecular weight excluding hydrogens is 578 g/mol. The van der Waals surface area contributed by atoms with E-state index in [9.17, 15) is 27.2 Å². The molecule has 12 heteroatoms. The highest BCUT2D eigenvalue weighted by Crippen LogP contribution is 2.29. The number of fused-ring (bicyclic) bond motifs is 1. The van der Waals surface area contributed by atoms with Crippen molar-refractivity contribution < 1.29 is 31.9 Å². The van der Waals surface area contributed by atoms with E-state index in [0.717, 1.165) is 22.3 Å². The van der Waals surface area contributed by atoms with Crippen LogP contribution in [0.5, 0.6) is 5.75 Å². The van der Waals surface area contributed by atoms with Crippen molar-refractivity contribution in [1.29, 1.82) is 0 Å². The molecule has 0 aliphatic carbocycles. The number of ether oxygens (including phenoxy) is 1. The minimum absolute atomic E-state index is 0.00188. The molecule has 5 rings (SSSR count). The SMILES string of the molecule is COc1cc(C(=O)NCC(F)(F)F)ccc1Nc1nc2ccc(-c3ccc(CC(=O)C(C)c4ccc(F)cc4)cc3)cn2n1. The summed E-state index contributed by atoms with van der Waals surface area (Å²) in [7, 11) is 1.37. The molecule has 2 aromatic heterocycles. The largest absolute Gasteiger partial charge is 0.495 e. The van der Waals surface area contributed by atoms with Crippen LogP contribution in [0, 0.1) is 5.82 Å². The van der Waals surface area contributed by atoms with Crippen molar-refractivity contribution in [3.8, 4) is 16.9 Å². The third-order valence-corrected chi connectivity index (χ3v) is 7.01. The number of amides is 1. The highest BCUT2D eigenvalue weighted by atomic mass is 19.4. The summed E-state index contributed by atoms with van der Waals surface area (Å²) in [5, 5.41) is 9.30. The lowest BCUT2D eigenvalue weighted by atomic mass is 9.92. The molecule has 0 radical (unpaired) electrons. The van der Waals surface area contributed by atoms with Crippen LogP contribution >= 0.6 is 0 Å². The molecule has 0 bridgehead atoms. The predicted molar refractivity (Wildman–Crippen MR) is 157 cm³/mol. The van der Waals surface area contributed by atoms with Crippen molar-refractivity contribution >= 4 is 29.0 Å². The van der Waals surface area contributed by atoms with Crippen LogP contribution in [0.3, 0.4) is 0 Å². The molecule has 1 amide bonds. The number of nitrogens with zero attached hydrogens (tertiary/aromatic N) is 3. The maximum atomic E-state index is 13.2. The summed E-state index contributed by atoms with van der Waals surface area (Å²) in [5.41, 5.74) is 4.36. The van der Waals surface area contributed by atoms with E-state index < -0.39 is 18.6 Å². The van der Waals surface area contributed by atoms with Crippen molar-refractivity contribution in [2.24, 2.45) is 0 Å². The van der Waals surface area contributed by atoms with Gasteiger partial charge in [-0.1, -0.05) is 43.3 Å². The molecule has 0 saturated heterocycles. The zero-order valence-electron chi connectivity index (χ0n) is 23.7. The lowest BCUT2D eigenvalue weighted by Crippen LogP contribution is -2.33. The van der Waals surface area contributed by atoms with Gasteiger partial charge in [-0.3, -0.25) is 9.59 Å². The Morgan fingerprint density at radius 2 is 1.66 bits per heavy atom. The third kappa shape index (κ3) is 7.20. The number of carbonyl (C=O) groups excluding carboxylic acids is 2. The molecule has 0 aliphatic rings. The van der Waals surface area contributed by atoms with Crippen LogP contribution in [-0.4, -0.2) is 46.1 Å². The van der Waals surface area contributed by atoms with E-state index in [0.29, 0.717) is 11.3 Å². The smallest absolute Gasteiger partial charge is 0.405 e.